The first kappa shape index (κ1) is 10.3. The van der Waals surface area contributed by atoms with E-state index in [1.165, 1.54) is 0 Å². The Morgan fingerprint density at radius 1 is 1.19 bits per heavy atom. The summed E-state index contributed by atoms with van der Waals surface area (Å²) < 4.78 is 0. The number of benzene rings is 1. The number of aromatic nitrogens is 2. The normalized spacial score (nSPS) is 9.75. The maximum Gasteiger partial charge on any atom is 0.143 e. The second-order valence-electron chi connectivity index (χ2n) is 3.51. The largest absolute Gasteiger partial charge is 0.237 e. The van der Waals surface area contributed by atoms with Gasteiger partial charge in [-0.2, -0.15) is 5.26 Å². The molecule has 0 spiro atoms. The molecule has 0 saturated carbocycles. The van der Waals surface area contributed by atoms with Gasteiger partial charge in [0, 0.05) is 11.3 Å². The Hall–Kier alpha value is -2.21. The summed E-state index contributed by atoms with van der Waals surface area (Å²) in [6.07, 6.45) is 0.252. The van der Waals surface area contributed by atoms with Crippen LogP contribution in [0.5, 0.6) is 0 Å². The third-order valence-corrected chi connectivity index (χ3v) is 2.21. The SMILES string of the molecule is Cc1cc(-c2ccccc2)nc(CC#N)n1. The van der Waals surface area contributed by atoms with E-state index in [0.29, 0.717) is 5.82 Å². The van der Waals surface area contributed by atoms with Crippen molar-refractivity contribution in [2.75, 3.05) is 0 Å². The van der Waals surface area contributed by atoms with Gasteiger partial charge in [0.05, 0.1) is 18.2 Å². The van der Waals surface area contributed by atoms with Crippen molar-refractivity contribution in [3.63, 3.8) is 0 Å². The molecule has 2 rings (SSSR count). The Bertz CT molecular complexity index is 527. The molecule has 1 heterocycles. The van der Waals surface area contributed by atoms with Gasteiger partial charge in [0.1, 0.15) is 5.82 Å². The lowest BCUT2D eigenvalue weighted by atomic mass is 10.1. The van der Waals surface area contributed by atoms with Crippen LogP contribution in [0.25, 0.3) is 11.3 Å². The zero-order valence-corrected chi connectivity index (χ0v) is 9.01. The Kier molecular flexibility index (Phi) is 2.93. The fourth-order valence-electron chi connectivity index (χ4n) is 1.54. The molecule has 0 bridgehead atoms. The summed E-state index contributed by atoms with van der Waals surface area (Å²) in [5.74, 6) is 0.585. The average molecular weight is 209 g/mol. The molecule has 0 aliphatic rings. The van der Waals surface area contributed by atoms with Gasteiger partial charge in [0.25, 0.3) is 0 Å². The first-order valence-electron chi connectivity index (χ1n) is 5.06. The number of hydrogen-bond acceptors (Lipinski definition) is 3. The molecule has 0 aliphatic carbocycles. The van der Waals surface area contributed by atoms with Crippen LogP contribution >= 0.6 is 0 Å². The van der Waals surface area contributed by atoms with E-state index in [2.05, 4.69) is 16.0 Å². The lowest BCUT2D eigenvalue weighted by molar-refractivity contribution is 0.969. The highest BCUT2D eigenvalue weighted by atomic mass is 14.9. The van der Waals surface area contributed by atoms with E-state index in [0.717, 1.165) is 17.0 Å². The van der Waals surface area contributed by atoms with Crippen molar-refractivity contribution in [3.05, 3.63) is 47.9 Å². The van der Waals surface area contributed by atoms with Crippen LogP contribution in [-0.2, 0) is 6.42 Å². The molecule has 0 amide bonds. The molecule has 0 radical (unpaired) electrons. The van der Waals surface area contributed by atoms with Crippen LogP contribution in [0.4, 0.5) is 0 Å². The zero-order chi connectivity index (χ0) is 11.4. The van der Waals surface area contributed by atoms with Gasteiger partial charge in [-0.1, -0.05) is 30.3 Å². The van der Waals surface area contributed by atoms with Crippen LogP contribution in [0.3, 0.4) is 0 Å². The number of aryl methyl sites for hydroxylation is 1. The van der Waals surface area contributed by atoms with Crippen LogP contribution in [0, 0.1) is 18.3 Å². The summed E-state index contributed by atoms with van der Waals surface area (Å²) in [7, 11) is 0. The maximum atomic E-state index is 8.64. The predicted molar refractivity (Wildman–Crippen MR) is 61.5 cm³/mol. The fourth-order valence-corrected chi connectivity index (χ4v) is 1.54. The molecule has 3 heteroatoms. The molecule has 0 aliphatic heterocycles. The molecule has 1 aromatic carbocycles. The topological polar surface area (TPSA) is 49.6 Å². The summed E-state index contributed by atoms with van der Waals surface area (Å²) in [5, 5.41) is 8.64. The first-order chi connectivity index (χ1) is 7.79. The Labute approximate surface area is 94.4 Å². The molecule has 3 nitrogen and oxygen atoms in total. The minimum absolute atomic E-state index is 0.252. The van der Waals surface area contributed by atoms with Crippen LogP contribution in [0.15, 0.2) is 36.4 Å². The summed E-state index contributed by atoms with van der Waals surface area (Å²) in [6, 6.07) is 13.9. The maximum absolute atomic E-state index is 8.64. The second-order valence-corrected chi connectivity index (χ2v) is 3.51. The van der Waals surface area contributed by atoms with Crippen molar-refractivity contribution in [1.29, 1.82) is 5.26 Å². The van der Waals surface area contributed by atoms with Gasteiger partial charge in [-0.05, 0) is 13.0 Å². The van der Waals surface area contributed by atoms with Gasteiger partial charge in [0.15, 0.2) is 0 Å². The second kappa shape index (κ2) is 4.54. The van der Waals surface area contributed by atoms with Crippen molar-refractivity contribution < 1.29 is 0 Å². The molecule has 16 heavy (non-hydrogen) atoms. The van der Waals surface area contributed by atoms with Gasteiger partial charge in [0.2, 0.25) is 0 Å². The van der Waals surface area contributed by atoms with Gasteiger partial charge >= 0.3 is 0 Å². The molecule has 2 aromatic rings. The minimum Gasteiger partial charge on any atom is -0.237 e. The van der Waals surface area contributed by atoms with Crippen LogP contribution in [0.2, 0.25) is 0 Å². The molecule has 0 atom stereocenters. The minimum atomic E-state index is 0.252. The Morgan fingerprint density at radius 3 is 2.62 bits per heavy atom. The van der Waals surface area contributed by atoms with E-state index in [1.54, 1.807) is 0 Å². The van der Waals surface area contributed by atoms with Gasteiger partial charge in [-0.25, -0.2) is 9.97 Å². The Balaban J connectivity index is 2.46. The smallest absolute Gasteiger partial charge is 0.143 e. The highest BCUT2D eigenvalue weighted by Gasteiger charge is 2.03. The summed E-state index contributed by atoms with van der Waals surface area (Å²) in [6.45, 7) is 1.91. The van der Waals surface area contributed by atoms with Crippen molar-refractivity contribution in [1.82, 2.24) is 9.97 Å². The average Bonchev–Trinajstić information content (AvgIpc) is 2.30. The standard InChI is InChI=1S/C13H11N3/c1-10-9-12(11-5-3-2-4-6-11)16-13(15-10)7-8-14/h2-6,9H,7H2,1H3. The third kappa shape index (κ3) is 2.23. The summed E-state index contributed by atoms with van der Waals surface area (Å²) in [5.41, 5.74) is 2.81. The molecule has 0 saturated heterocycles. The zero-order valence-electron chi connectivity index (χ0n) is 9.01. The van der Waals surface area contributed by atoms with Gasteiger partial charge in [-0.3, -0.25) is 0 Å². The van der Waals surface area contributed by atoms with Gasteiger partial charge in [-0.15, -0.1) is 0 Å². The first-order valence-corrected chi connectivity index (χ1v) is 5.06. The lowest BCUT2D eigenvalue weighted by Gasteiger charge is -2.03. The Morgan fingerprint density at radius 2 is 1.94 bits per heavy atom. The van der Waals surface area contributed by atoms with Crippen molar-refractivity contribution in [2.45, 2.75) is 13.3 Å². The molecule has 0 fully saturated rings. The van der Waals surface area contributed by atoms with Crippen molar-refractivity contribution in [3.8, 4) is 17.3 Å². The predicted octanol–water partition coefficient (Wildman–Crippen LogP) is 2.52. The lowest BCUT2D eigenvalue weighted by Crippen LogP contribution is -1.97. The van der Waals surface area contributed by atoms with E-state index >= 15 is 0 Å². The summed E-state index contributed by atoms with van der Waals surface area (Å²) in [4.78, 5) is 8.58. The third-order valence-electron chi connectivity index (χ3n) is 2.21. The molecule has 1 aromatic heterocycles. The molecule has 78 valence electrons. The quantitative estimate of drug-likeness (QED) is 0.763. The van der Waals surface area contributed by atoms with E-state index in [-0.39, 0.29) is 6.42 Å². The molecular weight excluding hydrogens is 198 g/mol. The number of nitriles is 1. The van der Waals surface area contributed by atoms with Crippen molar-refractivity contribution in [2.24, 2.45) is 0 Å². The van der Waals surface area contributed by atoms with Crippen LogP contribution in [0.1, 0.15) is 11.5 Å². The highest BCUT2D eigenvalue weighted by Crippen LogP contribution is 2.17. The number of nitrogens with zero attached hydrogens (tertiary/aromatic N) is 3. The molecule has 0 N–H and O–H groups in total. The van der Waals surface area contributed by atoms with E-state index in [9.17, 15) is 0 Å². The fraction of sp³-hybridized carbons (Fsp3) is 0.154. The molecular formula is C13H11N3. The van der Waals surface area contributed by atoms with Crippen LogP contribution in [-0.4, -0.2) is 9.97 Å². The molecule has 0 unspecified atom stereocenters. The number of rotatable bonds is 2. The van der Waals surface area contributed by atoms with E-state index < -0.39 is 0 Å². The monoisotopic (exact) mass is 209 g/mol. The number of hydrogen-bond donors (Lipinski definition) is 0. The van der Waals surface area contributed by atoms with Gasteiger partial charge < -0.3 is 0 Å². The van der Waals surface area contributed by atoms with Crippen molar-refractivity contribution >= 4 is 0 Å². The van der Waals surface area contributed by atoms with Crippen LogP contribution < -0.4 is 0 Å². The van der Waals surface area contributed by atoms with E-state index in [1.807, 2.05) is 43.3 Å². The summed E-state index contributed by atoms with van der Waals surface area (Å²) >= 11 is 0. The highest BCUT2D eigenvalue weighted by molar-refractivity contribution is 5.59. The van der Waals surface area contributed by atoms with E-state index in [4.69, 9.17) is 5.26 Å².